The van der Waals surface area contributed by atoms with Crippen molar-refractivity contribution in [3.63, 3.8) is 0 Å². The second kappa shape index (κ2) is 6.23. The minimum atomic E-state index is -0.620. The van der Waals surface area contributed by atoms with E-state index in [1.165, 1.54) is 13.1 Å². The first-order valence-electron chi connectivity index (χ1n) is 4.42. The van der Waals surface area contributed by atoms with Crippen molar-refractivity contribution >= 4 is 34.2 Å². The lowest BCUT2D eigenvalue weighted by Gasteiger charge is -1.96. The molecule has 0 saturated heterocycles. The Kier molecular flexibility index (Phi) is 4.94. The normalized spacial score (nSPS) is 9.29. The number of nitrogens with zero attached hydrogens (tertiary/aromatic N) is 2. The molecule has 0 aliphatic rings. The summed E-state index contributed by atoms with van der Waals surface area (Å²) in [7, 11) is 0. The van der Waals surface area contributed by atoms with Crippen molar-refractivity contribution in [2.75, 3.05) is 5.75 Å². The first-order valence-corrected chi connectivity index (χ1v) is 5.79. The van der Waals surface area contributed by atoms with E-state index in [0.29, 0.717) is 5.75 Å². The van der Waals surface area contributed by atoms with Gasteiger partial charge in [-0.2, -0.15) is 0 Å². The van der Waals surface area contributed by atoms with Crippen LogP contribution in [-0.4, -0.2) is 20.8 Å². The van der Waals surface area contributed by atoms with Crippen LogP contribution in [0.25, 0.3) is 0 Å². The zero-order chi connectivity index (χ0) is 12.8. The fourth-order valence-corrected chi connectivity index (χ4v) is 1.48. The molecule has 0 saturated carbocycles. The molecule has 1 heterocycles. The summed E-state index contributed by atoms with van der Waals surface area (Å²) in [6.45, 7) is 1.44. The molecule has 0 fully saturated rings. The molecular weight excluding hydrogens is 264 g/mol. The molecule has 1 rings (SSSR count). The van der Waals surface area contributed by atoms with Gasteiger partial charge in [0.2, 0.25) is 0 Å². The summed E-state index contributed by atoms with van der Waals surface area (Å²) >= 11 is 6.84. The third-order valence-electron chi connectivity index (χ3n) is 1.63. The van der Waals surface area contributed by atoms with Gasteiger partial charge in [0.1, 0.15) is 11.2 Å². The molecule has 0 amide bonds. The van der Waals surface area contributed by atoms with Crippen LogP contribution >= 0.6 is 23.4 Å². The molecule has 0 bridgehead atoms. The molecule has 1 aromatic rings. The Bertz CT molecular complexity index is 522. The number of rotatable bonds is 2. The molecule has 1 aromatic heterocycles. The standard InChI is InChI=1S/C10H7ClN2O3S/c1-7(14)17-4-2-3-8-5-12-6-9(10(8)11)13(15)16/h5-6H,4H2,1H3. The van der Waals surface area contributed by atoms with Gasteiger partial charge in [-0.1, -0.05) is 35.2 Å². The lowest BCUT2D eigenvalue weighted by atomic mass is 10.2. The van der Waals surface area contributed by atoms with Crippen molar-refractivity contribution in [2.24, 2.45) is 0 Å². The average molecular weight is 271 g/mol. The third-order valence-corrected chi connectivity index (χ3v) is 2.72. The van der Waals surface area contributed by atoms with Crippen molar-refractivity contribution in [3.05, 3.63) is 33.1 Å². The maximum absolute atomic E-state index is 10.6. The van der Waals surface area contributed by atoms with Gasteiger partial charge in [0.25, 0.3) is 0 Å². The Morgan fingerprint density at radius 1 is 1.65 bits per heavy atom. The van der Waals surface area contributed by atoms with E-state index in [9.17, 15) is 14.9 Å². The maximum atomic E-state index is 10.6. The second-order valence-corrected chi connectivity index (χ2v) is 4.39. The predicted octanol–water partition coefficient (Wildman–Crippen LogP) is 2.27. The Morgan fingerprint density at radius 3 is 2.94 bits per heavy atom. The van der Waals surface area contributed by atoms with Gasteiger partial charge in [-0.25, -0.2) is 0 Å². The van der Waals surface area contributed by atoms with Gasteiger partial charge in [-0.3, -0.25) is 19.9 Å². The molecule has 0 aliphatic heterocycles. The number of halogens is 1. The van der Waals surface area contributed by atoms with Crippen LogP contribution in [0.4, 0.5) is 5.69 Å². The van der Waals surface area contributed by atoms with Gasteiger partial charge < -0.3 is 0 Å². The van der Waals surface area contributed by atoms with Gasteiger partial charge in [-0.15, -0.1) is 0 Å². The first kappa shape index (κ1) is 13.5. The smallest absolute Gasteiger partial charge is 0.288 e. The molecule has 0 aromatic carbocycles. The molecule has 0 unspecified atom stereocenters. The molecule has 17 heavy (non-hydrogen) atoms. The second-order valence-electron chi connectivity index (χ2n) is 2.86. The Labute approximate surface area is 107 Å². The molecule has 7 heteroatoms. The quantitative estimate of drug-likeness (QED) is 0.468. The summed E-state index contributed by atoms with van der Waals surface area (Å²) in [5.41, 5.74) is 0.00251. The lowest BCUT2D eigenvalue weighted by molar-refractivity contribution is -0.385. The third kappa shape index (κ3) is 4.06. The van der Waals surface area contributed by atoms with E-state index >= 15 is 0 Å². The van der Waals surface area contributed by atoms with Gasteiger partial charge in [0, 0.05) is 13.1 Å². The summed E-state index contributed by atoms with van der Waals surface area (Å²) in [6, 6.07) is 0. The highest BCUT2D eigenvalue weighted by atomic mass is 35.5. The van der Waals surface area contributed by atoms with Crippen LogP contribution in [0.5, 0.6) is 0 Å². The SMILES string of the molecule is CC(=O)SCC#Cc1cncc([N+](=O)[O-])c1Cl. The Balaban J connectivity index is 2.88. The highest BCUT2D eigenvalue weighted by Gasteiger charge is 2.14. The monoisotopic (exact) mass is 270 g/mol. The van der Waals surface area contributed by atoms with Crippen LogP contribution in [0.1, 0.15) is 12.5 Å². The van der Waals surface area contributed by atoms with Crippen molar-refractivity contribution in [3.8, 4) is 11.8 Å². The topological polar surface area (TPSA) is 73.1 Å². The zero-order valence-electron chi connectivity index (χ0n) is 8.77. The minimum Gasteiger partial charge on any atom is -0.288 e. The summed E-state index contributed by atoms with van der Waals surface area (Å²) in [5, 5.41) is 10.5. The molecule has 0 spiro atoms. The number of hydrogen-bond acceptors (Lipinski definition) is 5. The molecule has 0 radical (unpaired) electrons. The molecule has 0 atom stereocenters. The van der Waals surface area contributed by atoms with E-state index in [1.54, 1.807) is 0 Å². The fourth-order valence-electron chi connectivity index (χ4n) is 0.917. The number of aromatic nitrogens is 1. The van der Waals surface area contributed by atoms with Gasteiger partial charge in [0.05, 0.1) is 16.2 Å². The van der Waals surface area contributed by atoms with Crippen LogP contribution in [0, 0.1) is 22.0 Å². The molecule has 0 N–H and O–H groups in total. The van der Waals surface area contributed by atoms with Crippen LogP contribution < -0.4 is 0 Å². The van der Waals surface area contributed by atoms with Crippen LogP contribution in [-0.2, 0) is 4.79 Å². The molecular formula is C10H7ClN2O3S. The number of nitro groups is 1. The van der Waals surface area contributed by atoms with Crippen LogP contribution in [0.3, 0.4) is 0 Å². The first-order chi connectivity index (χ1) is 8.02. The largest absolute Gasteiger partial charge is 0.307 e. The van der Waals surface area contributed by atoms with Crippen molar-refractivity contribution in [2.45, 2.75) is 6.92 Å². The van der Waals surface area contributed by atoms with Crippen molar-refractivity contribution < 1.29 is 9.72 Å². The molecule has 5 nitrogen and oxygen atoms in total. The Morgan fingerprint density at radius 2 is 2.35 bits per heavy atom. The maximum Gasteiger partial charge on any atom is 0.307 e. The van der Waals surface area contributed by atoms with E-state index < -0.39 is 4.92 Å². The summed E-state index contributed by atoms with van der Waals surface area (Å²) in [4.78, 5) is 24.3. The summed E-state index contributed by atoms with van der Waals surface area (Å²) in [6.07, 6.45) is 2.42. The fraction of sp³-hybridized carbons (Fsp3) is 0.200. The molecule has 0 aliphatic carbocycles. The van der Waals surface area contributed by atoms with E-state index in [0.717, 1.165) is 18.0 Å². The van der Waals surface area contributed by atoms with E-state index in [-0.39, 0.29) is 21.4 Å². The summed E-state index contributed by atoms with van der Waals surface area (Å²) in [5.74, 6) is 5.64. The van der Waals surface area contributed by atoms with Crippen LogP contribution in [0.15, 0.2) is 12.4 Å². The highest BCUT2D eigenvalue weighted by Crippen LogP contribution is 2.25. The van der Waals surface area contributed by atoms with Crippen molar-refractivity contribution in [1.29, 1.82) is 0 Å². The van der Waals surface area contributed by atoms with Gasteiger partial charge >= 0.3 is 5.69 Å². The lowest BCUT2D eigenvalue weighted by Crippen LogP contribution is -1.92. The van der Waals surface area contributed by atoms with Crippen molar-refractivity contribution in [1.82, 2.24) is 4.98 Å². The minimum absolute atomic E-state index is 0.0367. The van der Waals surface area contributed by atoms with Crippen LogP contribution in [0.2, 0.25) is 5.02 Å². The van der Waals surface area contributed by atoms with E-state index in [4.69, 9.17) is 11.6 Å². The number of carbonyl (C=O) groups excluding carboxylic acids is 1. The zero-order valence-corrected chi connectivity index (χ0v) is 10.3. The van der Waals surface area contributed by atoms with Gasteiger partial charge in [0.15, 0.2) is 5.12 Å². The Hall–Kier alpha value is -1.58. The summed E-state index contributed by atoms with van der Waals surface area (Å²) < 4.78 is 0. The number of thioether (sulfide) groups is 1. The number of pyridine rings is 1. The predicted molar refractivity (Wildman–Crippen MR) is 65.9 cm³/mol. The van der Waals surface area contributed by atoms with E-state index in [1.807, 2.05) is 0 Å². The highest BCUT2D eigenvalue weighted by molar-refractivity contribution is 8.13. The molecule has 88 valence electrons. The number of carbonyl (C=O) groups is 1. The van der Waals surface area contributed by atoms with Gasteiger partial charge in [-0.05, 0) is 0 Å². The average Bonchev–Trinajstić information content (AvgIpc) is 2.25. The number of hydrogen-bond donors (Lipinski definition) is 0. The van der Waals surface area contributed by atoms with E-state index in [2.05, 4.69) is 16.8 Å².